The van der Waals surface area contributed by atoms with Crippen LogP contribution in [0.25, 0.3) is 0 Å². The molecule has 0 aliphatic heterocycles. The number of nitrogens with zero attached hydrogens (tertiary/aromatic N) is 4. The van der Waals surface area contributed by atoms with Gasteiger partial charge >= 0.3 is 0 Å². The summed E-state index contributed by atoms with van der Waals surface area (Å²) >= 11 is 0. The van der Waals surface area contributed by atoms with Crippen LogP contribution in [-0.4, -0.2) is 19.6 Å². The molecular weight excluding hydrogens is 202 g/mol. The van der Waals surface area contributed by atoms with E-state index in [0.29, 0.717) is 0 Å². The minimum atomic E-state index is 0.751. The van der Waals surface area contributed by atoms with Crippen LogP contribution < -0.4 is 5.32 Å². The first-order valence-electron chi connectivity index (χ1n) is 5.44. The van der Waals surface area contributed by atoms with Gasteiger partial charge in [0.1, 0.15) is 5.82 Å². The number of aromatic nitrogens is 4. The second-order valence-corrected chi connectivity index (χ2v) is 3.83. The molecule has 0 aliphatic rings. The Balaban J connectivity index is 2.01. The van der Waals surface area contributed by atoms with Gasteiger partial charge in [-0.2, -0.15) is 10.2 Å². The summed E-state index contributed by atoms with van der Waals surface area (Å²) in [6.45, 7) is 2.86. The highest BCUT2D eigenvalue weighted by atomic mass is 15.3. The van der Waals surface area contributed by atoms with Gasteiger partial charge in [-0.15, -0.1) is 0 Å². The minimum Gasteiger partial charge on any atom is -0.363 e. The number of rotatable bonds is 4. The lowest BCUT2D eigenvalue weighted by atomic mass is 10.3. The van der Waals surface area contributed by atoms with Crippen molar-refractivity contribution in [3.8, 4) is 0 Å². The van der Waals surface area contributed by atoms with Gasteiger partial charge in [-0.1, -0.05) is 6.92 Å². The molecule has 0 atom stereocenters. The van der Waals surface area contributed by atoms with E-state index in [2.05, 4.69) is 28.5 Å². The van der Waals surface area contributed by atoms with E-state index in [9.17, 15) is 0 Å². The zero-order valence-electron chi connectivity index (χ0n) is 9.94. The lowest BCUT2D eigenvalue weighted by molar-refractivity contribution is 0.704. The highest BCUT2D eigenvalue weighted by Crippen LogP contribution is 2.07. The minimum absolute atomic E-state index is 0.751. The van der Waals surface area contributed by atoms with Crippen molar-refractivity contribution in [3.63, 3.8) is 0 Å². The molecule has 5 nitrogen and oxygen atoms in total. The van der Waals surface area contributed by atoms with E-state index in [0.717, 1.165) is 24.5 Å². The summed E-state index contributed by atoms with van der Waals surface area (Å²) in [5.41, 5.74) is 2.29. The van der Waals surface area contributed by atoms with Crippen LogP contribution in [0.5, 0.6) is 0 Å². The quantitative estimate of drug-likeness (QED) is 0.844. The lowest BCUT2D eigenvalue weighted by Crippen LogP contribution is -2.06. The van der Waals surface area contributed by atoms with Crippen LogP contribution in [0.2, 0.25) is 0 Å². The number of nitrogens with one attached hydrogen (secondary N) is 1. The molecule has 86 valence electrons. The maximum atomic E-state index is 4.40. The third kappa shape index (κ3) is 2.24. The van der Waals surface area contributed by atoms with Gasteiger partial charge in [-0.25, -0.2) is 0 Å². The van der Waals surface area contributed by atoms with Gasteiger partial charge < -0.3 is 5.32 Å². The van der Waals surface area contributed by atoms with Crippen LogP contribution in [0.15, 0.2) is 18.3 Å². The molecule has 0 saturated carbocycles. The second-order valence-electron chi connectivity index (χ2n) is 3.83. The van der Waals surface area contributed by atoms with Gasteiger partial charge in [-0.05, 0) is 12.5 Å². The van der Waals surface area contributed by atoms with Gasteiger partial charge in [0.2, 0.25) is 0 Å². The van der Waals surface area contributed by atoms with E-state index >= 15 is 0 Å². The van der Waals surface area contributed by atoms with E-state index in [1.54, 1.807) is 4.68 Å². The largest absolute Gasteiger partial charge is 0.363 e. The van der Waals surface area contributed by atoms with Crippen LogP contribution >= 0.6 is 0 Å². The van der Waals surface area contributed by atoms with Crippen molar-refractivity contribution in [1.82, 2.24) is 19.6 Å². The van der Waals surface area contributed by atoms with E-state index < -0.39 is 0 Å². The Kier molecular flexibility index (Phi) is 2.94. The van der Waals surface area contributed by atoms with E-state index in [1.165, 1.54) is 5.69 Å². The number of anilines is 1. The fourth-order valence-corrected chi connectivity index (χ4v) is 1.60. The van der Waals surface area contributed by atoms with Gasteiger partial charge in [0, 0.05) is 26.4 Å². The SMILES string of the molecule is CCc1cc(CNc2ccn(C)n2)n(C)n1. The third-order valence-corrected chi connectivity index (χ3v) is 2.55. The predicted molar refractivity (Wildman–Crippen MR) is 63.1 cm³/mol. The summed E-state index contributed by atoms with van der Waals surface area (Å²) in [7, 11) is 3.87. The summed E-state index contributed by atoms with van der Waals surface area (Å²) in [6.07, 6.45) is 2.89. The van der Waals surface area contributed by atoms with Crippen LogP contribution in [0, 0.1) is 0 Å². The van der Waals surface area contributed by atoms with Crippen molar-refractivity contribution in [2.45, 2.75) is 19.9 Å². The molecule has 2 rings (SSSR count). The first-order chi connectivity index (χ1) is 7.69. The molecule has 2 heterocycles. The maximum absolute atomic E-state index is 4.40. The zero-order valence-corrected chi connectivity index (χ0v) is 9.94. The molecular formula is C11H17N5. The summed E-state index contributed by atoms with van der Waals surface area (Å²) in [5.74, 6) is 0.891. The molecule has 0 fully saturated rings. The molecule has 0 unspecified atom stereocenters. The molecule has 2 aromatic heterocycles. The second kappa shape index (κ2) is 4.38. The van der Waals surface area contributed by atoms with Crippen molar-refractivity contribution >= 4 is 5.82 Å². The smallest absolute Gasteiger partial charge is 0.148 e. The van der Waals surface area contributed by atoms with Gasteiger partial charge in [0.05, 0.1) is 17.9 Å². The number of aryl methyl sites for hydroxylation is 3. The summed E-state index contributed by atoms with van der Waals surface area (Å²) in [6, 6.07) is 4.08. The Morgan fingerprint density at radius 1 is 1.31 bits per heavy atom. The summed E-state index contributed by atoms with van der Waals surface area (Å²) in [4.78, 5) is 0. The molecule has 0 bridgehead atoms. The third-order valence-electron chi connectivity index (χ3n) is 2.55. The molecule has 0 amide bonds. The fraction of sp³-hybridized carbons (Fsp3) is 0.455. The Morgan fingerprint density at radius 3 is 2.69 bits per heavy atom. The highest BCUT2D eigenvalue weighted by Gasteiger charge is 2.04. The van der Waals surface area contributed by atoms with Crippen LogP contribution in [0.3, 0.4) is 0 Å². The normalized spacial score (nSPS) is 10.7. The molecule has 0 aromatic carbocycles. The van der Waals surface area contributed by atoms with Crippen LogP contribution in [0.1, 0.15) is 18.3 Å². The predicted octanol–water partition coefficient (Wildman–Crippen LogP) is 1.33. The Bertz CT molecular complexity index is 468. The molecule has 0 radical (unpaired) electrons. The van der Waals surface area contributed by atoms with Crippen molar-refractivity contribution in [2.75, 3.05) is 5.32 Å². The Morgan fingerprint density at radius 2 is 2.12 bits per heavy atom. The molecule has 0 saturated heterocycles. The fourth-order valence-electron chi connectivity index (χ4n) is 1.60. The van der Waals surface area contributed by atoms with Crippen molar-refractivity contribution < 1.29 is 0 Å². The molecule has 0 spiro atoms. The Hall–Kier alpha value is -1.78. The first kappa shape index (κ1) is 10.7. The summed E-state index contributed by atoms with van der Waals surface area (Å²) < 4.78 is 3.69. The van der Waals surface area contributed by atoms with E-state index in [-0.39, 0.29) is 0 Å². The van der Waals surface area contributed by atoms with E-state index in [1.807, 2.05) is 31.0 Å². The molecule has 0 aliphatic carbocycles. The number of hydrogen-bond acceptors (Lipinski definition) is 3. The van der Waals surface area contributed by atoms with Crippen molar-refractivity contribution in [2.24, 2.45) is 14.1 Å². The lowest BCUT2D eigenvalue weighted by Gasteiger charge is -2.02. The van der Waals surface area contributed by atoms with E-state index in [4.69, 9.17) is 0 Å². The van der Waals surface area contributed by atoms with Crippen molar-refractivity contribution in [1.29, 1.82) is 0 Å². The highest BCUT2D eigenvalue weighted by molar-refractivity contribution is 5.33. The van der Waals surface area contributed by atoms with Crippen LogP contribution in [-0.2, 0) is 27.1 Å². The van der Waals surface area contributed by atoms with Crippen molar-refractivity contribution in [3.05, 3.63) is 29.7 Å². The molecule has 5 heteroatoms. The topological polar surface area (TPSA) is 47.7 Å². The molecule has 1 N–H and O–H groups in total. The van der Waals surface area contributed by atoms with Gasteiger partial charge in [0.25, 0.3) is 0 Å². The average Bonchev–Trinajstić information content (AvgIpc) is 2.82. The van der Waals surface area contributed by atoms with Crippen LogP contribution in [0.4, 0.5) is 5.82 Å². The monoisotopic (exact) mass is 219 g/mol. The average molecular weight is 219 g/mol. The Labute approximate surface area is 95.1 Å². The summed E-state index contributed by atoms with van der Waals surface area (Å²) in [5, 5.41) is 11.9. The maximum Gasteiger partial charge on any atom is 0.148 e. The zero-order chi connectivity index (χ0) is 11.5. The standard InChI is InChI=1S/C11H17N5/c1-4-9-7-10(16(3)13-9)8-12-11-5-6-15(2)14-11/h5-7H,4,8H2,1-3H3,(H,12,14). The first-order valence-corrected chi connectivity index (χ1v) is 5.44. The molecule has 16 heavy (non-hydrogen) atoms. The molecule has 2 aromatic rings. The van der Waals surface area contributed by atoms with Gasteiger partial charge in [-0.3, -0.25) is 9.36 Å². The number of hydrogen-bond donors (Lipinski definition) is 1. The van der Waals surface area contributed by atoms with Gasteiger partial charge in [0.15, 0.2) is 0 Å².